The molecule has 0 saturated heterocycles. The van der Waals surface area contributed by atoms with Gasteiger partial charge in [0.15, 0.2) is 0 Å². The fourth-order valence-corrected chi connectivity index (χ4v) is 3.88. The molecule has 0 aliphatic carbocycles. The minimum absolute atomic E-state index is 0.157. The summed E-state index contributed by atoms with van der Waals surface area (Å²) in [6, 6.07) is 15.2. The van der Waals surface area contributed by atoms with Crippen molar-refractivity contribution in [2.24, 2.45) is 5.41 Å². The second-order valence-corrected chi connectivity index (χ2v) is 9.69. The molecule has 6 nitrogen and oxygen atoms in total. The summed E-state index contributed by atoms with van der Waals surface area (Å²) in [5.74, 6) is 0.0370. The van der Waals surface area contributed by atoms with Crippen molar-refractivity contribution in [1.82, 2.24) is 15.1 Å². The highest BCUT2D eigenvalue weighted by Crippen LogP contribution is 2.34. The second kappa shape index (κ2) is 9.97. The van der Waals surface area contributed by atoms with E-state index >= 15 is 0 Å². The Bertz CT molecular complexity index is 1380. The molecule has 0 aliphatic rings. The second-order valence-electron chi connectivity index (χ2n) is 9.69. The van der Waals surface area contributed by atoms with Crippen molar-refractivity contribution in [3.8, 4) is 17.2 Å². The van der Waals surface area contributed by atoms with Crippen LogP contribution in [-0.4, -0.2) is 28.8 Å². The van der Waals surface area contributed by atoms with Crippen molar-refractivity contribution in [3.63, 3.8) is 0 Å². The number of aromatic nitrogens is 2. The minimum atomic E-state index is -0.744. The molecule has 0 fully saturated rings. The van der Waals surface area contributed by atoms with Crippen LogP contribution in [0, 0.1) is 17.0 Å². The Labute approximate surface area is 208 Å². The lowest BCUT2D eigenvalue weighted by atomic mass is 9.94. The van der Waals surface area contributed by atoms with Crippen molar-refractivity contribution in [3.05, 3.63) is 84.1 Å². The van der Waals surface area contributed by atoms with Crippen LogP contribution in [0.1, 0.15) is 39.4 Å². The number of hydrogen-bond donors (Lipinski definition) is 1. The maximum absolute atomic E-state index is 14.3. The van der Waals surface area contributed by atoms with Crippen LogP contribution in [0.5, 0.6) is 11.5 Å². The summed E-state index contributed by atoms with van der Waals surface area (Å²) in [6.07, 6.45) is 0.945. The van der Waals surface area contributed by atoms with E-state index < -0.39 is 23.4 Å². The summed E-state index contributed by atoms with van der Waals surface area (Å²) in [5.41, 5.74) is 1.39. The molecule has 4 rings (SSSR count). The number of carbonyl (C=O) groups is 1. The molecule has 0 saturated carbocycles. The van der Waals surface area contributed by atoms with Crippen LogP contribution < -0.4 is 14.8 Å². The lowest BCUT2D eigenvalue weighted by molar-refractivity contribution is -0.129. The van der Waals surface area contributed by atoms with Gasteiger partial charge in [-0.05, 0) is 67.6 Å². The molecule has 2 atom stereocenters. The van der Waals surface area contributed by atoms with E-state index in [4.69, 9.17) is 9.47 Å². The van der Waals surface area contributed by atoms with Crippen molar-refractivity contribution >= 4 is 16.8 Å². The van der Waals surface area contributed by atoms with Crippen molar-refractivity contribution in [1.29, 1.82) is 0 Å². The molecule has 1 amide bonds. The number of benzene rings is 3. The number of carbonyl (C=O) groups excluding carboxylic acids is 1. The van der Waals surface area contributed by atoms with E-state index in [0.29, 0.717) is 17.1 Å². The Balaban J connectivity index is 1.70. The van der Waals surface area contributed by atoms with Crippen molar-refractivity contribution in [2.45, 2.75) is 39.8 Å². The molecule has 1 heterocycles. The lowest BCUT2D eigenvalue weighted by Gasteiger charge is -2.30. The predicted octanol–water partition coefficient (Wildman–Crippen LogP) is 5.98. The summed E-state index contributed by atoms with van der Waals surface area (Å²) in [6.45, 7) is 7.27. The topological polar surface area (TPSA) is 65.4 Å². The number of ether oxygens (including phenoxy) is 2. The molecule has 8 heteroatoms. The fourth-order valence-electron chi connectivity index (χ4n) is 3.88. The van der Waals surface area contributed by atoms with Crippen molar-refractivity contribution < 1.29 is 23.0 Å². The molecule has 3 aromatic carbocycles. The number of halogens is 2. The normalized spacial score (nSPS) is 13.3. The molecule has 0 aliphatic heterocycles. The molecular weight excluding hydrogens is 464 g/mol. The van der Waals surface area contributed by atoms with E-state index in [1.165, 1.54) is 37.4 Å². The minimum Gasteiger partial charge on any atom is -0.496 e. The summed E-state index contributed by atoms with van der Waals surface area (Å²) < 4.78 is 41.1. The van der Waals surface area contributed by atoms with Gasteiger partial charge in [0.1, 0.15) is 29.2 Å². The number of rotatable bonds is 7. The number of nitrogens with zero attached hydrogens (tertiary/aromatic N) is 2. The lowest BCUT2D eigenvalue weighted by Crippen LogP contribution is -2.44. The van der Waals surface area contributed by atoms with Crippen LogP contribution in [0.3, 0.4) is 0 Å². The first-order valence-corrected chi connectivity index (χ1v) is 11.6. The average Bonchev–Trinajstić information content (AvgIpc) is 3.25. The van der Waals surface area contributed by atoms with Gasteiger partial charge in [0.2, 0.25) is 5.91 Å². The first-order valence-electron chi connectivity index (χ1n) is 11.6. The van der Waals surface area contributed by atoms with Gasteiger partial charge >= 0.3 is 0 Å². The average molecular weight is 494 g/mol. The Morgan fingerprint density at radius 2 is 1.69 bits per heavy atom. The molecular formula is C28H29F2N3O3. The molecule has 0 spiro atoms. The zero-order chi connectivity index (χ0) is 26.0. The standard InChI is InChI=1S/C28H29F2N3O3/c1-17(32-27(34)28(2,3)4)26(23-15-20(30)8-13-25(23)35-5)36-22-11-12-24-18(14-22)16-31-33(24)21-9-6-19(29)7-10-21/h6-17,26H,1-5H3,(H,32,34). The van der Waals surface area contributed by atoms with Crippen LogP contribution in [0.25, 0.3) is 16.6 Å². The zero-order valence-corrected chi connectivity index (χ0v) is 20.9. The molecule has 36 heavy (non-hydrogen) atoms. The van der Waals surface area contributed by atoms with Gasteiger partial charge in [-0.15, -0.1) is 0 Å². The van der Waals surface area contributed by atoms with Crippen LogP contribution in [0.15, 0.2) is 66.9 Å². The van der Waals surface area contributed by atoms with E-state index in [2.05, 4.69) is 10.4 Å². The summed E-state index contributed by atoms with van der Waals surface area (Å²) in [7, 11) is 1.50. The number of nitrogens with one attached hydrogen (secondary N) is 1. The third-order valence-electron chi connectivity index (χ3n) is 5.87. The number of fused-ring (bicyclic) bond motifs is 1. The van der Waals surface area contributed by atoms with Gasteiger partial charge in [0, 0.05) is 16.4 Å². The number of amides is 1. The van der Waals surface area contributed by atoms with Gasteiger partial charge in [-0.2, -0.15) is 5.10 Å². The predicted molar refractivity (Wildman–Crippen MR) is 134 cm³/mol. The van der Waals surface area contributed by atoms with Gasteiger partial charge in [0.05, 0.1) is 30.6 Å². The SMILES string of the molecule is COc1ccc(F)cc1C(Oc1ccc2c(cnn2-c2ccc(F)cc2)c1)C(C)NC(=O)C(C)(C)C. The van der Waals surface area contributed by atoms with Gasteiger partial charge in [-0.3, -0.25) is 4.79 Å². The smallest absolute Gasteiger partial charge is 0.225 e. The summed E-state index contributed by atoms with van der Waals surface area (Å²) >= 11 is 0. The molecule has 0 radical (unpaired) electrons. The molecule has 2 unspecified atom stereocenters. The van der Waals surface area contributed by atoms with Crippen LogP contribution >= 0.6 is 0 Å². The monoisotopic (exact) mass is 493 g/mol. The van der Waals surface area contributed by atoms with E-state index in [0.717, 1.165) is 16.6 Å². The summed E-state index contributed by atoms with van der Waals surface area (Å²) in [5, 5.41) is 8.21. The highest BCUT2D eigenvalue weighted by molar-refractivity contribution is 5.82. The van der Waals surface area contributed by atoms with Crippen LogP contribution in [0.2, 0.25) is 0 Å². The van der Waals surface area contributed by atoms with Crippen LogP contribution in [0.4, 0.5) is 8.78 Å². The van der Waals surface area contributed by atoms with Gasteiger partial charge in [0.25, 0.3) is 0 Å². The zero-order valence-electron chi connectivity index (χ0n) is 20.9. The maximum atomic E-state index is 14.3. The van der Waals surface area contributed by atoms with Crippen LogP contribution in [-0.2, 0) is 4.79 Å². The first-order chi connectivity index (χ1) is 17.1. The van der Waals surface area contributed by atoms with E-state index in [1.807, 2.05) is 39.8 Å². The molecule has 188 valence electrons. The molecule has 4 aromatic rings. The van der Waals surface area contributed by atoms with Gasteiger partial charge in [-0.25, -0.2) is 13.5 Å². The highest BCUT2D eigenvalue weighted by atomic mass is 19.1. The Kier molecular flexibility index (Phi) is 6.97. The maximum Gasteiger partial charge on any atom is 0.225 e. The third kappa shape index (κ3) is 5.32. The Hall–Kier alpha value is -3.94. The summed E-state index contributed by atoms with van der Waals surface area (Å²) in [4.78, 5) is 12.7. The molecule has 0 bridgehead atoms. The largest absolute Gasteiger partial charge is 0.496 e. The van der Waals surface area contributed by atoms with Crippen molar-refractivity contribution in [2.75, 3.05) is 7.11 Å². The highest BCUT2D eigenvalue weighted by Gasteiger charge is 2.30. The Morgan fingerprint density at radius 3 is 2.36 bits per heavy atom. The van der Waals surface area contributed by atoms with Gasteiger partial charge in [-0.1, -0.05) is 20.8 Å². The van der Waals surface area contributed by atoms with E-state index in [1.54, 1.807) is 29.1 Å². The third-order valence-corrected chi connectivity index (χ3v) is 5.87. The Morgan fingerprint density at radius 1 is 1.00 bits per heavy atom. The molecule has 1 N–H and O–H groups in total. The van der Waals surface area contributed by atoms with E-state index in [9.17, 15) is 13.6 Å². The van der Waals surface area contributed by atoms with E-state index in [-0.39, 0.29) is 11.7 Å². The van der Waals surface area contributed by atoms with Gasteiger partial charge < -0.3 is 14.8 Å². The fraction of sp³-hybridized carbons (Fsp3) is 0.286. The number of methoxy groups -OCH3 is 1. The quantitative estimate of drug-likeness (QED) is 0.344. The first kappa shape index (κ1) is 25.2. The molecule has 1 aromatic heterocycles. The number of hydrogen-bond acceptors (Lipinski definition) is 4.